The van der Waals surface area contributed by atoms with Gasteiger partial charge in [-0.3, -0.25) is 9.36 Å². The van der Waals surface area contributed by atoms with Crippen LogP contribution in [-0.2, 0) is 4.74 Å². The zero-order valence-corrected chi connectivity index (χ0v) is 15.0. The maximum atomic E-state index is 14.0. The van der Waals surface area contributed by atoms with Crippen molar-refractivity contribution in [2.45, 2.75) is 6.36 Å². The molecule has 0 saturated heterocycles. The van der Waals surface area contributed by atoms with Crippen LogP contribution in [0.2, 0.25) is 0 Å². The molecular weight excluding hydrogens is 414 g/mol. The third-order valence-electron chi connectivity index (χ3n) is 3.60. The Balaban J connectivity index is 1.88. The second-order valence-electron chi connectivity index (χ2n) is 5.57. The Labute approximate surface area is 165 Å². The monoisotopic (exact) mass is 425 g/mol. The van der Waals surface area contributed by atoms with E-state index in [-0.39, 0.29) is 5.69 Å². The van der Waals surface area contributed by atoms with Gasteiger partial charge in [0.1, 0.15) is 6.33 Å². The number of halogens is 4. The third-order valence-corrected chi connectivity index (χ3v) is 3.60. The minimum absolute atomic E-state index is 0.203. The fraction of sp³-hybridized carbons (Fsp3) is 0.118. The molecular formula is C17H11F4N5O4. The van der Waals surface area contributed by atoms with Crippen LogP contribution in [-0.4, -0.2) is 45.1 Å². The van der Waals surface area contributed by atoms with Crippen LogP contribution in [0.25, 0.3) is 5.82 Å². The number of anilines is 1. The lowest BCUT2D eigenvalue weighted by Gasteiger charge is -2.14. The molecule has 156 valence electrons. The normalized spacial score (nSPS) is 11.1. The quantitative estimate of drug-likeness (QED) is 0.495. The highest BCUT2D eigenvalue weighted by Gasteiger charge is 2.33. The van der Waals surface area contributed by atoms with Crippen molar-refractivity contribution in [3.8, 4) is 11.6 Å². The van der Waals surface area contributed by atoms with Gasteiger partial charge in [0.2, 0.25) is 0 Å². The largest absolute Gasteiger partial charge is 0.573 e. The van der Waals surface area contributed by atoms with Crippen LogP contribution < -0.4 is 10.1 Å². The number of carbonyl (C=O) groups is 2. The van der Waals surface area contributed by atoms with Gasteiger partial charge in [-0.25, -0.2) is 14.2 Å². The predicted molar refractivity (Wildman–Crippen MR) is 91.5 cm³/mol. The van der Waals surface area contributed by atoms with Crippen LogP contribution in [0.5, 0.6) is 5.75 Å². The fourth-order valence-corrected chi connectivity index (χ4v) is 2.30. The molecule has 0 aliphatic carbocycles. The molecule has 30 heavy (non-hydrogen) atoms. The average Bonchev–Trinajstić information content (AvgIpc) is 3.23. The number of ether oxygens (including phenoxy) is 2. The number of carbonyl (C=O) groups excluding carboxylic acids is 2. The first kappa shape index (κ1) is 20.7. The molecule has 0 spiro atoms. The Hall–Kier alpha value is -4.03. The van der Waals surface area contributed by atoms with E-state index in [1.165, 1.54) is 29.2 Å². The van der Waals surface area contributed by atoms with Crippen LogP contribution in [0.4, 0.5) is 23.2 Å². The Bertz CT molecular complexity index is 1070. The molecule has 9 nitrogen and oxygen atoms in total. The van der Waals surface area contributed by atoms with Crippen LogP contribution >= 0.6 is 0 Å². The summed E-state index contributed by atoms with van der Waals surface area (Å²) >= 11 is 0. The van der Waals surface area contributed by atoms with Crippen molar-refractivity contribution in [3.05, 3.63) is 60.1 Å². The van der Waals surface area contributed by atoms with Crippen LogP contribution in [0.3, 0.4) is 0 Å². The van der Waals surface area contributed by atoms with Crippen LogP contribution in [0, 0.1) is 5.82 Å². The van der Waals surface area contributed by atoms with Crippen LogP contribution in [0.1, 0.15) is 20.8 Å². The molecule has 0 radical (unpaired) electrons. The number of esters is 1. The molecule has 0 atom stereocenters. The van der Waals surface area contributed by atoms with Gasteiger partial charge < -0.3 is 14.8 Å². The molecule has 1 N–H and O–H groups in total. The molecule has 13 heteroatoms. The Morgan fingerprint density at radius 3 is 2.50 bits per heavy atom. The fourth-order valence-electron chi connectivity index (χ4n) is 2.30. The first-order chi connectivity index (χ1) is 14.2. The van der Waals surface area contributed by atoms with E-state index < -0.39 is 41.1 Å². The van der Waals surface area contributed by atoms with E-state index in [9.17, 15) is 27.2 Å². The van der Waals surface area contributed by atoms with E-state index in [4.69, 9.17) is 0 Å². The van der Waals surface area contributed by atoms with Gasteiger partial charge >= 0.3 is 12.3 Å². The highest BCUT2D eigenvalue weighted by atomic mass is 19.4. The summed E-state index contributed by atoms with van der Waals surface area (Å²) in [6.45, 7) is 0. The SMILES string of the molecule is COC(=O)c1cc(OC(F)(F)F)c(F)cc1NC(=O)c1ccc(-n2ccnc2)nn1. The van der Waals surface area contributed by atoms with E-state index in [0.717, 1.165) is 7.11 Å². The molecule has 2 heterocycles. The second kappa shape index (κ2) is 8.14. The van der Waals surface area contributed by atoms with Gasteiger partial charge in [0, 0.05) is 24.5 Å². The van der Waals surface area contributed by atoms with Crippen molar-refractivity contribution in [3.63, 3.8) is 0 Å². The number of amides is 1. The summed E-state index contributed by atoms with van der Waals surface area (Å²) in [7, 11) is 0.960. The number of methoxy groups -OCH3 is 1. The summed E-state index contributed by atoms with van der Waals surface area (Å²) in [5, 5.41) is 9.74. The second-order valence-corrected chi connectivity index (χ2v) is 5.57. The van der Waals surface area contributed by atoms with Gasteiger partial charge in [-0.15, -0.1) is 23.4 Å². The molecule has 0 bridgehead atoms. The highest BCUT2D eigenvalue weighted by molar-refractivity contribution is 6.07. The van der Waals surface area contributed by atoms with Gasteiger partial charge in [-0.05, 0) is 12.1 Å². The van der Waals surface area contributed by atoms with Crippen molar-refractivity contribution < 1.29 is 36.6 Å². The molecule has 3 rings (SSSR count). The predicted octanol–water partition coefficient (Wildman–Crippen LogP) is 2.74. The number of alkyl halides is 3. The standard InChI is InChI=1S/C17H11F4N5O4/c1-29-16(28)9-6-13(30-17(19,20)21)10(18)7-12(9)23-15(27)11-2-3-14(25-24-11)26-5-4-22-8-26/h2-8H,1H3,(H,23,27). The Kier molecular flexibility index (Phi) is 5.62. The number of nitrogens with zero attached hydrogens (tertiary/aromatic N) is 4. The van der Waals surface area contributed by atoms with Gasteiger partial charge in [-0.2, -0.15) is 0 Å². The van der Waals surface area contributed by atoms with Crippen LogP contribution in [0.15, 0.2) is 43.0 Å². The lowest BCUT2D eigenvalue weighted by Crippen LogP contribution is -2.20. The summed E-state index contributed by atoms with van der Waals surface area (Å²) in [5.41, 5.74) is -1.21. The molecule has 1 amide bonds. The number of aromatic nitrogens is 4. The average molecular weight is 425 g/mol. The summed E-state index contributed by atoms with van der Waals surface area (Å²) in [6.07, 6.45) is -0.623. The first-order valence-electron chi connectivity index (χ1n) is 7.99. The molecule has 0 unspecified atom stereocenters. The van der Waals surface area contributed by atoms with E-state index >= 15 is 0 Å². The molecule has 3 aromatic rings. The number of rotatable bonds is 5. The molecule has 2 aromatic heterocycles. The Morgan fingerprint density at radius 1 is 1.17 bits per heavy atom. The summed E-state index contributed by atoms with van der Waals surface area (Å²) in [5.74, 6) is -4.38. The van der Waals surface area contributed by atoms with Gasteiger partial charge in [0.25, 0.3) is 5.91 Å². The topological polar surface area (TPSA) is 108 Å². The third kappa shape index (κ3) is 4.68. The maximum absolute atomic E-state index is 14.0. The van der Waals surface area contributed by atoms with E-state index in [0.29, 0.717) is 18.0 Å². The number of hydrogen-bond donors (Lipinski definition) is 1. The number of hydrogen-bond acceptors (Lipinski definition) is 7. The molecule has 0 saturated carbocycles. The van der Waals surface area contributed by atoms with E-state index in [2.05, 4.69) is 30.0 Å². The minimum Gasteiger partial charge on any atom is -0.465 e. The zero-order valence-electron chi connectivity index (χ0n) is 15.0. The van der Waals surface area contributed by atoms with Gasteiger partial charge in [0.05, 0.1) is 18.4 Å². The summed E-state index contributed by atoms with van der Waals surface area (Å²) in [4.78, 5) is 28.1. The Morgan fingerprint density at radius 2 is 1.93 bits per heavy atom. The van der Waals surface area contributed by atoms with E-state index in [1.54, 1.807) is 6.20 Å². The van der Waals surface area contributed by atoms with Crippen molar-refractivity contribution in [1.82, 2.24) is 19.7 Å². The lowest BCUT2D eigenvalue weighted by atomic mass is 10.1. The van der Waals surface area contributed by atoms with Crippen molar-refractivity contribution in [1.29, 1.82) is 0 Å². The van der Waals surface area contributed by atoms with E-state index in [1.807, 2.05) is 0 Å². The smallest absolute Gasteiger partial charge is 0.465 e. The highest BCUT2D eigenvalue weighted by Crippen LogP contribution is 2.31. The van der Waals surface area contributed by atoms with Crippen molar-refractivity contribution in [2.24, 2.45) is 0 Å². The zero-order chi connectivity index (χ0) is 21.9. The molecule has 0 aliphatic heterocycles. The van der Waals surface area contributed by atoms with Crippen molar-refractivity contribution in [2.75, 3.05) is 12.4 Å². The summed E-state index contributed by atoms with van der Waals surface area (Å²) in [6, 6.07) is 3.72. The molecule has 1 aromatic carbocycles. The summed E-state index contributed by atoms with van der Waals surface area (Å²) < 4.78 is 60.8. The number of benzene rings is 1. The number of imidazole rings is 1. The lowest BCUT2D eigenvalue weighted by molar-refractivity contribution is -0.275. The number of nitrogens with one attached hydrogen (secondary N) is 1. The molecule has 0 aliphatic rings. The van der Waals surface area contributed by atoms with Gasteiger partial charge in [0.15, 0.2) is 23.1 Å². The van der Waals surface area contributed by atoms with Gasteiger partial charge in [-0.1, -0.05) is 0 Å². The first-order valence-corrected chi connectivity index (χ1v) is 7.99. The minimum atomic E-state index is -5.19. The molecule has 0 fully saturated rings. The van der Waals surface area contributed by atoms with Crippen molar-refractivity contribution >= 4 is 17.6 Å². The maximum Gasteiger partial charge on any atom is 0.573 e.